The zero-order valence-electron chi connectivity index (χ0n) is 14.8. The van der Waals surface area contributed by atoms with Gasteiger partial charge in [-0.05, 0) is 42.2 Å². The molecule has 1 aliphatic heterocycles. The second-order valence-corrected chi connectivity index (χ2v) is 5.71. The van der Waals surface area contributed by atoms with Gasteiger partial charge in [0.15, 0.2) is 6.10 Å². The van der Waals surface area contributed by atoms with Crippen LogP contribution in [0.5, 0.6) is 5.88 Å². The SMILES string of the molecule is [2H]C([2H])([2H])c1cc(Cl)cc(Cl)c1CNC(=O)O[C@@H]1COc2ncccc21. The molecule has 7 heteroatoms. The fourth-order valence-corrected chi connectivity index (χ4v) is 2.79. The number of alkyl carbamates (subject to hydrolysis) is 1. The van der Waals surface area contributed by atoms with Gasteiger partial charge in [0.2, 0.25) is 5.88 Å². The standard InChI is InChI=1S/C16H14Cl2N2O3/c1-9-5-10(17)6-13(18)12(9)7-20-16(21)23-14-8-22-15-11(14)3-2-4-19-15/h2-6,14H,7-8H2,1H3,(H,20,21)/t14-/m1/s1/i1D3. The van der Waals surface area contributed by atoms with Crippen molar-refractivity contribution in [1.29, 1.82) is 0 Å². The molecule has 23 heavy (non-hydrogen) atoms. The summed E-state index contributed by atoms with van der Waals surface area (Å²) in [6.45, 7) is -2.36. The van der Waals surface area contributed by atoms with E-state index in [-0.39, 0.29) is 34.3 Å². The van der Waals surface area contributed by atoms with Gasteiger partial charge in [-0.3, -0.25) is 0 Å². The number of amides is 1. The van der Waals surface area contributed by atoms with Crippen molar-refractivity contribution in [2.75, 3.05) is 6.61 Å². The van der Waals surface area contributed by atoms with Crippen LogP contribution in [0.3, 0.4) is 0 Å². The van der Waals surface area contributed by atoms with Crippen LogP contribution in [0.15, 0.2) is 30.5 Å². The third kappa shape index (κ3) is 3.51. The number of carbonyl (C=O) groups is 1. The van der Waals surface area contributed by atoms with Crippen LogP contribution >= 0.6 is 23.2 Å². The maximum Gasteiger partial charge on any atom is 0.408 e. The van der Waals surface area contributed by atoms with Gasteiger partial charge >= 0.3 is 6.09 Å². The first-order valence-electron chi connectivity index (χ1n) is 8.26. The van der Waals surface area contributed by atoms with Crippen LogP contribution in [0, 0.1) is 6.85 Å². The first-order chi connectivity index (χ1) is 12.3. The summed E-state index contributed by atoms with van der Waals surface area (Å²) in [5.74, 6) is 0.427. The highest BCUT2D eigenvalue weighted by Crippen LogP contribution is 2.32. The van der Waals surface area contributed by atoms with Crippen molar-refractivity contribution in [3.8, 4) is 5.88 Å². The smallest absolute Gasteiger partial charge is 0.408 e. The number of pyridine rings is 1. The van der Waals surface area contributed by atoms with E-state index in [9.17, 15) is 4.79 Å². The largest absolute Gasteiger partial charge is 0.473 e. The average Bonchev–Trinajstić information content (AvgIpc) is 2.96. The molecule has 1 atom stereocenters. The normalized spacial score (nSPS) is 18.2. The van der Waals surface area contributed by atoms with Crippen LogP contribution < -0.4 is 10.1 Å². The number of ether oxygens (including phenoxy) is 2. The minimum absolute atomic E-state index is 0.0194. The Kier molecular flexibility index (Phi) is 3.59. The Hall–Kier alpha value is -1.98. The number of aromatic nitrogens is 1. The first kappa shape index (κ1) is 12.4. The number of carbonyl (C=O) groups excluding carboxylic acids is 1. The third-order valence-electron chi connectivity index (χ3n) is 3.34. The van der Waals surface area contributed by atoms with Crippen molar-refractivity contribution >= 4 is 29.3 Å². The van der Waals surface area contributed by atoms with Crippen molar-refractivity contribution in [3.05, 3.63) is 57.2 Å². The number of nitrogens with zero attached hydrogens (tertiary/aromatic N) is 1. The van der Waals surface area contributed by atoms with Crippen molar-refractivity contribution < 1.29 is 18.4 Å². The summed E-state index contributed by atoms with van der Waals surface area (Å²) in [6.07, 6.45) is 0.277. The maximum absolute atomic E-state index is 12.1. The highest BCUT2D eigenvalue weighted by atomic mass is 35.5. The summed E-state index contributed by atoms with van der Waals surface area (Å²) in [4.78, 5) is 16.1. The van der Waals surface area contributed by atoms with Crippen molar-refractivity contribution in [2.24, 2.45) is 0 Å². The van der Waals surface area contributed by atoms with Crippen LogP contribution in [-0.2, 0) is 11.3 Å². The molecule has 1 amide bonds. The van der Waals surface area contributed by atoms with Gasteiger partial charge in [0, 0.05) is 26.9 Å². The number of fused-ring (bicyclic) bond motifs is 1. The monoisotopic (exact) mass is 355 g/mol. The summed E-state index contributed by atoms with van der Waals surface area (Å²) in [6, 6.07) is 6.22. The Morgan fingerprint density at radius 2 is 2.43 bits per heavy atom. The third-order valence-corrected chi connectivity index (χ3v) is 3.89. The molecule has 5 nitrogen and oxygen atoms in total. The molecule has 1 aromatic carbocycles. The lowest BCUT2D eigenvalue weighted by Crippen LogP contribution is -2.26. The fourth-order valence-electron chi connectivity index (χ4n) is 2.23. The quantitative estimate of drug-likeness (QED) is 0.901. The fraction of sp³-hybridized carbons (Fsp3) is 0.250. The molecule has 0 fully saturated rings. The molecular weight excluding hydrogens is 339 g/mol. The molecule has 0 aliphatic carbocycles. The highest BCUT2D eigenvalue weighted by Gasteiger charge is 2.28. The van der Waals surface area contributed by atoms with Crippen LogP contribution in [0.4, 0.5) is 4.79 Å². The zero-order chi connectivity index (χ0) is 18.9. The molecule has 0 bridgehead atoms. The van der Waals surface area contributed by atoms with Crippen molar-refractivity contribution in [3.63, 3.8) is 0 Å². The lowest BCUT2D eigenvalue weighted by atomic mass is 10.1. The Balaban J connectivity index is 1.69. The summed E-state index contributed by atoms with van der Waals surface area (Å²) < 4.78 is 33.5. The second-order valence-electron chi connectivity index (χ2n) is 4.87. The van der Waals surface area contributed by atoms with Gasteiger partial charge in [0.05, 0.1) is 5.56 Å². The van der Waals surface area contributed by atoms with Gasteiger partial charge in [-0.15, -0.1) is 0 Å². The molecule has 0 saturated carbocycles. The van der Waals surface area contributed by atoms with E-state index in [0.29, 0.717) is 11.4 Å². The highest BCUT2D eigenvalue weighted by molar-refractivity contribution is 6.35. The molecule has 0 unspecified atom stereocenters. The number of hydrogen-bond acceptors (Lipinski definition) is 4. The van der Waals surface area contributed by atoms with Gasteiger partial charge in [-0.2, -0.15) is 0 Å². The summed E-state index contributed by atoms with van der Waals surface area (Å²) in [5, 5.41) is 2.88. The topological polar surface area (TPSA) is 60.5 Å². The summed E-state index contributed by atoms with van der Waals surface area (Å²) in [5.41, 5.74) is 0.919. The molecule has 0 spiro atoms. The Morgan fingerprint density at radius 3 is 3.26 bits per heavy atom. The molecule has 3 rings (SSSR count). The van der Waals surface area contributed by atoms with E-state index in [0.717, 1.165) is 0 Å². The predicted octanol–water partition coefficient (Wildman–Crippen LogP) is 4.06. The molecule has 2 aromatic rings. The molecule has 1 aromatic heterocycles. The van der Waals surface area contributed by atoms with E-state index < -0.39 is 19.0 Å². The second kappa shape index (κ2) is 6.64. The number of nitrogens with one attached hydrogen (secondary N) is 1. The average molecular weight is 356 g/mol. The Labute approximate surface area is 147 Å². The van der Waals surface area contributed by atoms with Gasteiger partial charge in [0.25, 0.3) is 0 Å². The van der Waals surface area contributed by atoms with E-state index >= 15 is 0 Å². The Morgan fingerprint density at radius 1 is 1.57 bits per heavy atom. The lowest BCUT2D eigenvalue weighted by Gasteiger charge is -2.13. The minimum Gasteiger partial charge on any atom is -0.473 e. The van der Waals surface area contributed by atoms with E-state index in [1.165, 1.54) is 12.1 Å². The van der Waals surface area contributed by atoms with Crippen LogP contribution in [0.1, 0.15) is 26.9 Å². The molecule has 120 valence electrons. The minimum atomic E-state index is -2.42. The van der Waals surface area contributed by atoms with E-state index in [4.69, 9.17) is 36.8 Å². The molecular formula is C16H14Cl2N2O3. The predicted molar refractivity (Wildman–Crippen MR) is 87.0 cm³/mol. The number of aryl methyl sites for hydroxylation is 1. The maximum atomic E-state index is 12.1. The Bertz CT molecular complexity index is 846. The first-order valence-corrected chi connectivity index (χ1v) is 7.52. The van der Waals surface area contributed by atoms with E-state index in [1.807, 2.05) is 0 Å². The molecule has 1 aliphatic rings. The van der Waals surface area contributed by atoms with E-state index in [1.54, 1.807) is 18.3 Å². The number of benzene rings is 1. The molecule has 1 N–H and O–H groups in total. The van der Waals surface area contributed by atoms with Crippen molar-refractivity contribution in [2.45, 2.75) is 19.5 Å². The van der Waals surface area contributed by atoms with Gasteiger partial charge in [0.1, 0.15) is 6.61 Å². The number of hydrogen-bond donors (Lipinski definition) is 1. The van der Waals surface area contributed by atoms with Crippen LogP contribution in [0.2, 0.25) is 10.0 Å². The zero-order valence-corrected chi connectivity index (χ0v) is 13.3. The summed E-state index contributed by atoms with van der Waals surface area (Å²) >= 11 is 12.0. The molecule has 2 heterocycles. The molecule has 0 saturated heterocycles. The van der Waals surface area contributed by atoms with Gasteiger partial charge in [-0.25, -0.2) is 9.78 Å². The lowest BCUT2D eigenvalue weighted by molar-refractivity contribution is 0.0821. The van der Waals surface area contributed by atoms with Crippen LogP contribution in [-0.4, -0.2) is 17.7 Å². The van der Waals surface area contributed by atoms with Gasteiger partial charge in [-0.1, -0.05) is 23.2 Å². The number of rotatable bonds is 3. The van der Waals surface area contributed by atoms with Gasteiger partial charge < -0.3 is 14.8 Å². The van der Waals surface area contributed by atoms with Crippen molar-refractivity contribution in [1.82, 2.24) is 10.3 Å². The van der Waals surface area contributed by atoms with E-state index in [2.05, 4.69) is 10.3 Å². The molecule has 0 radical (unpaired) electrons. The number of halogens is 2. The van der Waals surface area contributed by atoms with Crippen LogP contribution in [0.25, 0.3) is 0 Å². The summed E-state index contributed by atoms with van der Waals surface area (Å²) in [7, 11) is 0.